The summed E-state index contributed by atoms with van der Waals surface area (Å²) in [4.78, 5) is 38.1. The number of alkyl carbamates (subject to hydrolysis) is 1. The summed E-state index contributed by atoms with van der Waals surface area (Å²) in [7, 11) is 0. The molecule has 1 N–H and O–H groups in total. The Morgan fingerprint density at radius 3 is 1.75 bits per heavy atom. The molecule has 0 aliphatic carbocycles. The third kappa shape index (κ3) is 13.3. The minimum atomic E-state index is -3.04. The first-order valence-corrected chi connectivity index (χ1v) is 22.6. The molecule has 0 heterocycles. The molecule has 1 aromatic rings. The number of hydrogen-bond donors (Lipinski definition) is 1. The zero-order chi connectivity index (χ0) is 30.6. The van der Waals surface area contributed by atoms with Gasteiger partial charge in [-0.2, -0.15) is 0 Å². The fraction of sp³-hybridized carbons (Fsp3) is 0.719. The summed E-state index contributed by atoms with van der Waals surface area (Å²) in [6.45, 7) is 18.9. The number of hydrogen-bond acceptors (Lipinski definition) is 6. The van der Waals surface area contributed by atoms with Crippen molar-refractivity contribution in [3.05, 3.63) is 23.8 Å². The van der Waals surface area contributed by atoms with Gasteiger partial charge in [0.05, 0.1) is 0 Å². The summed E-state index contributed by atoms with van der Waals surface area (Å²) in [6, 6.07) is 5.03. The van der Waals surface area contributed by atoms with Crippen molar-refractivity contribution in [3.63, 3.8) is 0 Å². The van der Waals surface area contributed by atoms with Crippen molar-refractivity contribution in [3.8, 4) is 5.75 Å². The van der Waals surface area contributed by atoms with Gasteiger partial charge in [0.1, 0.15) is 0 Å². The zero-order valence-corrected chi connectivity index (χ0v) is 29.7. The van der Waals surface area contributed by atoms with Gasteiger partial charge in [0.15, 0.2) is 0 Å². The van der Waals surface area contributed by atoms with Crippen molar-refractivity contribution in [1.29, 1.82) is 0 Å². The molecular formula is C32H55NO6Sn. The fourth-order valence-corrected chi connectivity index (χ4v) is 21.5. The maximum atomic E-state index is 13.2. The summed E-state index contributed by atoms with van der Waals surface area (Å²) in [5, 5.41) is 2.75. The number of nitrogens with one attached hydrogen (secondary N) is 1. The molecule has 0 aliphatic rings. The van der Waals surface area contributed by atoms with Crippen molar-refractivity contribution in [2.75, 3.05) is 0 Å². The van der Waals surface area contributed by atoms with Gasteiger partial charge in [-0.1, -0.05) is 0 Å². The van der Waals surface area contributed by atoms with E-state index < -0.39 is 47.7 Å². The van der Waals surface area contributed by atoms with Crippen molar-refractivity contribution in [2.45, 2.75) is 145 Å². The normalized spacial score (nSPS) is 12.9. The third-order valence-electron chi connectivity index (χ3n) is 6.72. The second kappa shape index (κ2) is 16.6. The maximum absolute atomic E-state index is 13.2. The van der Waals surface area contributed by atoms with Crippen molar-refractivity contribution >= 4 is 40.0 Å². The molecule has 228 valence electrons. The van der Waals surface area contributed by atoms with Crippen LogP contribution in [0.1, 0.15) is 113 Å². The van der Waals surface area contributed by atoms with Crippen LogP contribution in [0, 0.1) is 0 Å². The number of benzene rings is 1. The van der Waals surface area contributed by atoms with Gasteiger partial charge < -0.3 is 0 Å². The van der Waals surface area contributed by atoms with Gasteiger partial charge in [-0.15, -0.1) is 0 Å². The molecule has 8 heteroatoms. The molecule has 0 aromatic heterocycles. The second-order valence-electron chi connectivity index (χ2n) is 13.0. The van der Waals surface area contributed by atoms with E-state index in [2.05, 4.69) is 32.2 Å². The minimum absolute atomic E-state index is 0.249. The Morgan fingerprint density at radius 2 is 1.32 bits per heavy atom. The first-order valence-electron chi connectivity index (χ1n) is 15.1. The molecule has 7 nitrogen and oxygen atoms in total. The molecule has 40 heavy (non-hydrogen) atoms. The van der Waals surface area contributed by atoms with Crippen LogP contribution >= 0.6 is 0 Å². The Kier molecular flexibility index (Phi) is 15.1. The molecule has 1 atom stereocenters. The predicted octanol–water partition coefficient (Wildman–Crippen LogP) is 7.45. The van der Waals surface area contributed by atoms with Gasteiger partial charge >= 0.3 is 248 Å². The molecule has 0 spiro atoms. The van der Waals surface area contributed by atoms with E-state index in [0.717, 1.165) is 44.1 Å². The van der Waals surface area contributed by atoms with Crippen LogP contribution in [-0.2, 0) is 25.5 Å². The summed E-state index contributed by atoms with van der Waals surface area (Å²) < 4.78 is 21.8. The van der Waals surface area contributed by atoms with Crippen LogP contribution in [0.2, 0.25) is 13.3 Å². The average molecular weight is 669 g/mol. The van der Waals surface area contributed by atoms with E-state index in [1.165, 1.54) is 23.8 Å². The molecule has 1 rings (SSSR count). The fourth-order valence-electron chi connectivity index (χ4n) is 4.94. The van der Waals surface area contributed by atoms with E-state index in [1.807, 2.05) is 12.1 Å². The Labute approximate surface area is 247 Å². The van der Waals surface area contributed by atoms with E-state index in [0.29, 0.717) is 5.75 Å². The van der Waals surface area contributed by atoms with Crippen LogP contribution in [0.15, 0.2) is 18.2 Å². The molecule has 1 aromatic carbocycles. The van der Waals surface area contributed by atoms with E-state index in [1.54, 1.807) is 41.5 Å². The summed E-state index contributed by atoms with van der Waals surface area (Å²) in [6.07, 6.45) is 6.44. The van der Waals surface area contributed by atoms with Crippen molar-refractivity contribution < 1.29 is 28.6 Å². The number of esters is 2. The van der Waals surface area contributed by atoms with Gasteiger partial charge in [0.2, 0.25) is 0 Å². The quantitative estimate of drug-likeness (QED) is 0.119. The zero-order valence-electron chi connectivity index (χ0n) is 26.8. The molecule has 0 radical (unpaired) electrons. The van der Waals surface area contributed by atoms with Crippen LogP contribution in [0.25, 0.3) is 0 Å². The topological polar surface area (TPSA) is 90.9 Å². The van der Waals surface area contributed by atoms with E-state index >= 15 is 0 Å². The number of rotatable bonds is 15. The Hall–Kier alpha value is -1.77. The molecule has 0 saturated heterocycles. The van der Waals surface area contributed by atoms with E-state index in [9.17, 15) is 14.4 Å². The summed E-state index contributed by atoms with van der Waals surface area (Å²) >= 11 is -3.04. The van der Waals surface area contributed by atoms with Gasteiger partial charge in [-0.25, -0.2) is 0 Å². The van der Waals surface area contributed by atoms with Gasteiger partial charge in [0.25, 0.3) is 0 Å². The molecule has 1 amide bonds. The van der Waals surface area contributed by atoms with Crippen LogP contribution in [0.3, 0.4) is 0 Å². The average Bonchev–Trinajstić information content (AvgIpc) is 2.82. The monoisotopic (exact) mass is 669 g/mol. The first kappa shape index (κ1) is 36.3. The van der Waals surface area contributed by atoms with Crippen LogP contribution in [0.5, 0.6) is 5.75 Å². The van der Waals surface area contributed by atoms with Crippen molar-refractivity contribution in [2.24, 2.45) is 0 Å². The molecule has 0 unspecified atom stereocenters. The summed E-state index contributed by atoms with van der Waals surface area (Å²) in [5.74, 6) is -0.167. The first-order chi connectivity index (χ1) is 18.6. The number of amides is 1. The molecular weight excluding hydrogens is 613 g/mol. The molecule has 0 saturated carbocycles. The second-order valence-corrected chi connectivity index (χ2v) is 26.1. The standard InChI is InChI=1S/C20H28NO6.3C4H9.Sn/c1-13(22)25-15-10-8-14(9-11-15)12-16(17(23)26-19(2,3)4)21-18(24)27-20(5,6)7;3*1-3-4-2;/h8-10,16H,12H2,1-7H3,(H,21,24);3*1,3-4H2,2H3;/t16-;;;;/m0..../s1. The van der Waals surface area contributed by atoms with Crippen molar-refractivity contribution in [1.82, 2.24) is 5.32 Å². The van der Waals surface area contributed by atoms with E-state index in [-0.39, 0.29) is 12.4 Å². The summed E-state index contributed by atoms with van der Waals surface area (Å²) in [5.41, 5.74) is -0.502. The third-order valence-corrected chi connectivity index (χ3v) is 22.3. The molecule has 0 fully saturated rings. The Balaban J connectivity index is 3.63. The molecule has 0 aliphatic heterocycles. The van der Waals surface area contributed by atoms with Gasteiger partial charge in [-0.05, 0) is 0 Å². The van der Waals surface area contributed by atoms with Crippen LogP contribution < -0.4 is 13.6 Å². The number of unbranched alkanes of at least 4 members (excludes halogenated alkanes) is 3. The van der Waals surface area contributed by atoms with Crippen LogP contribution in [-0.4, -0.2) is 53.7 Å². The van der Waals surface area contributed by atoms with E-state index in [4.69, 9.17) is 14.2 Å². The number of carbonyl (C=O) groups is 3. The molecule has 0 bridgehead atoms. The van der Waals surface area contributed by atoms with Crippen LogP contribution in [0.4, 0.5) is 4.79 Å². The SMILES string of the molecule is CCC[CH2][Sn]([CH2]CCC)([CH2]CCC)[c]1cc(C[C@H](NC(=O)OC(C)(C)C)C(=O)OC(C)(C)C)ccc1OC(C)=O. The number of ether oxygens (including phenoxy) is 3. The van der Waals surface area contributed by atoms with Gasteiger partial charge in [-0.3, -0.25) is 0 Å². The van der Waals surface area contributed by atoms with Gasteiger partial charge in [0, 0.05) is 0 Å². The number of carbonyl (C=O) groups excluding carboxylic acids is 3. The predicted molar refractivity (Wildman–Crippen MR) is 165 cm³/mol. The Bertz CT molecular complexity index is 941. The Morgan fingerprint density at radius 1 is 0.825 bits per heavy atom.